The minimum Gasteiger partial charge on any atom is -0.383 e. The van der Waals surface area contributed by atoms with Gasteiger partial charge in [0, 0.05) is 35.8 Å². The van der Waals surface area contributed by atoms with Crippen LogP contribution in [0.4, 0.5) is 0 Å². The Morgan fingerprint density at radius 2 is 2.19 bits per heavy atom. The van der Waals surface area contributed by atoms with Gasteiger partial charge in [-0.1, -0.05) is 11.6 Å². The van der Waals surface area contributed by atoms with Crippen molar-refractivity contribution in [2.45, 2.75) is 19.5 Å². The summed E-state index contributed by atoms with van der Waals surface area (Å²) in [6, 6.07) is 6.42. The highest BCUT2D eigenvalue weighted by atomic mass is 35.5. The fourth-order valence-electron chi connectivity index (χ4n) is 2.19. The summed E-state index contributed by atoms with van der Waals surface area (Å²) in [5.74, 6) is -0.139. The molecule has 0 unspecified atom stereocenters. The van der Waals surface area contributed by atoms with Crippen LogP contribution in [-0.2, 0) is 16.1 Å². The second-order valence-electron chi connectivity index (χ2n) is 4.89. The Balaban J connectivity index is 2.25. The third-order valence-corrected chi connectivity index (χ3v) is 3.31. The third-order valence-electron chi connectivity index (χ3n) is 3.08. The predicted octanol–water partition coefficient (Wildman–Crippen LogP) is 1.81. The fourth-order valence-corrected chi connectivity index (χ4v) is 2.36. The number of aromatic nitrogens is 1. The lowest BCUT2D eigenvalue weighted by molar-refractivity contribution is -0.122. The molecule has 1 amide bonds. The predicted molar refractivity (Wildman–Crippen MR) is 82.7 cm³/mol. The molecule has 1 aromatic carbocycles. The van der Waals surface area contributed by atoms with Gasteiger partial charge in [0.2, 0.25) is 5.91 Å². The van der Waals surface area contributed by atoms with Crippen molar-refractivity contribution in [3.63, 3.8) is 0 Å². The van der Waals surface area contributed by atoms with Gasteiger partial charge in [-0.2, -0.15) is 0 Å². The zero-order chi connectivity index (χ0) is 15.4. The van der Waals surface area contributed by atoms with E-state index < -0.39 is 0 Å². The van der Waals surface area contributed by atoms with Crippen LogP contribution < -0.4 is 10.7 Å². The van der Waals surface area contributed by atoms with E-state index in [1.165, 1.54) is 6.07 Å². The van der Waals surface area contributed by atoms with Crippen LogP contribution in [-0.4, -0.2) is 30.2 Å². The monoisotopic (exact) mass is 308 g/mol. The van der Waals surface area contributed by atoms with Gasteiger partial charge in [0.05, 0.1) is 12.1 Å². The molecule has 0 saturated carbocycles. The number of carbonyl (C=O) groups is 1. The van der Waals surface area contributed by atoms with E-state index >= 15 is 0 Å². The standard InChI is InChI=1S/C15H17ClN2O3/c1-10(9-21-2)17-15(20)8-18-6-5-14(19)12-7-11(16)3-4-13(12)18/h3-7,10H,8-9H2,1-2H3,(H,17,20)/t10-/m1/s1. The van der Waals surface area contributed by atoms with Gasteiger partial charge >= 0.3 is 0 Å². The smallest absolute Gasteiger partial charge is 0.240 e. The molecule has 1 heterocycles. The molecule has 2 aromatic rings. The highest BCUT2D eigenvalue weighted by molar-refractivity contribution is 6.31. The van der Waals surface area contributed by atoms with E-state index in [0.29, 0.717) is 22.5 Å². The summed E-state index contributed by atoms with van der Waals surface area (Å²) in [5.41, 5.74) is 0.568. The molecule has 21 heavy (non-hydrogen) atoms. The quantitative estimate of drug-likeness (QED) is 0.916. The summed E-state index contributed by atoms with van der Waals surface area (Å²) in [6.45, 7) is 2.45. The molecule has 0 fully saturated rings. The number of benzene rings is 1. The maximum absolute atomic E-state index is 12.0. The van der Waals surface area contributed by atoms with Gasteiger partial charge in [-0.25, -0.2) is 0 Å². The Morgan fingerprint density at radius 3 is 2.90 bits per heavy atom. The van der Waals surface area contributed by atoms with Gasteiger partial charge in [0.25, 0.3) is 0 Å². The van der Waals surface area contributed by atoms with E-state index in [2.05, 4.69) is 5.32 Å². The number of halogens is 1. The van der Waals surface area contributed by atoms with Crippen molar-refractivity contribution < 1.29 is 9.53 Å². The Morgan fingerprint density at radius 1 is 1.43 bits per heavy atom. The molecule has 2 rings (SSSR count). The zero-order valence-electron chi connectivity index (χ0n) is 11.9. The van der Waals surface area contributed by atoms with Crippen LogP contribution in [0.5, 0.6) is 0 Å². The average Bonchev–Trinajstić information content (AvgIpc) is 2.42. The van der Waals surface area contributed by atoms with Crippen LogP contribution in [0.2, 0.25) is 5.02 Å². The number of pyridine rings is 1. The number of rotatable bonds is 5. The molecule has 0 bridgehead atoms. The van der Waals surface area contributed by atoms with Gasteiger partial charge in [0.15, 0.2) is 5.43 Å². The lowest BCUT2D eigenvalue weighted by Crippen LogP contribution is -2.37. The van der Waals surface area contributed by atoms with Crippen LogP contribution in [0.15, 0.2) is 35.3 Å². The Hall–Kier alpha value is -1.85. The first-order valence-electron chi connectivity index (χ1n) is 6.58. The van der Waals surface area contributed by atoms with E-state index in [9.17, 15) is 9.59 Å². The average molecular weight is 309 g/mol. The normalized spacial score (nSPS) is 12.3. The Labute approximate surface area is 127 Å². The number of carbonyl (C=O) groups excluding carboxylic acids is 1. The van der Waals surface area contributed by atoms with E-state index in [4.69, 9.17) is 16.3 Å². The first kappa shape index (κ1) is 15.5. The van der Waals surface area contributed by atoms with E-state index in [1.54, 1.807) is 36.1 Å². The van der Waals surface area contributed by atoms with Crippen LogP contribution in [0, 0.1) is 0 Å². The first-order chi connectivity index (χ1) is 10.0. The van der Waals surface area contributed by atoms with Crippen LogP contribution in [0.1, 0.15) is 6.92 Å². The highest BCUT2D eigenvalue weighted by Crippen LogP contribution is 2.16. The van der Waals surface area contributed by atoms with Crippen molar-refractivity contribution >= 4 is 28.4 Å². The SMILES string of the molecule is COC[C@@H](C)NC(=O)Cn1ccc(=O)c2cc(Cl)ccc21. The third kappa shape index (κ3) is 3.83. The topological polar surface area (TPSA) is 60.3 Å². The molecule has 0 aliphatic heterocycles. The van der Waals surface area contributed by atoms with Crippen LogP contribution in [0.3, 0.4) is 0 Å². The molecule has 1 N–H and O–H groups in total. The molecule has 112 valence electrons. The Bertz CT molecular complexity index is 712. The van der Waals surface area contributed by atoms with Crippen molar-refractivity contribution in [1.82, 2.24) is 9.88 Å². The second-order valence-corrected chi connectivity index (χ2v) is 5.33. The summed E-state index contributed by atoms with van der Waals surface area (Å²) in [4.78, 5) is 23.8. The summed E-state index contributed by atoms with van der Waals surface area (Å²) in [5, 5.41) is 3.83. The molecule has 0 saturated heterocycles. The maximum atomic E-state index is 12.0. The molecular weight excluding hydrogens is 292 g/mol. The summed E-state index contributed by atoms with van der Waals surface area (Å²) < 4.78 is 6.70. The number of nitrogens with zero attached hydrogens (tertiary/aromatic N) is 1. The maximum Gasteiger partial charge on any atom is 0.240 e. The number of ether oxygens (including phenoxy) is 1. The minimum absolute atomic E-state index is 0.0670. The largest absolute Gasteiger partial charge is 0.383 e. The van der Waals surface area contributed by atoms with E-state index in [-0.39, 0.29) is 23.9 Å². The molecule has 6 heteroatoms. The summed E-state index contributed by atoms with van der Waals surface area (Å²) in [7, 11) is 1.58. The molecule has 0 aliphatic rings. The van der Waals surface area contributed by atoms with Gasteiger partial charge in [0.1, 0.15) is 6.54 Å². The molecule has 5 nitrogen and oxygen atoms in total. The van der Waals surface area contributed by atoms with Gasteiger partial charge in [-0.3, -0.25) is 9.59 Å². The van der Waals surface area contributed by atoms with Crippen molar-refractivity contribution in [2.24, 2.45) is 0 Å². The molecular formula is C15H17ClN2O3. The minimum atomic E-state index is -0.139. The molecule has 1 atom stereocenters. The van der Waals surface area contributed by atoms with Crippen molar-refractivity contribution in [2.75, 3.05) is 13.7 Å². The number of fused-ring (bicyclic) bond motifs is 1. The molecule has 0 aliphatic carbocycles. The number of nitrogens with one attached hydrogen (secondary N) is 1. The fraction of sp³-hybridized carbons (Fsp3) is 0.333. The van der Waals surface area contributed by atoms with E-state index in [0.717, 1.165) is 0 Å². The van der Waals surface area contributed by atoms with Crippen LogP contribution >= 0.6 is 11.6 Å². The first-order valence-corrected chi connectivity index (χ1v) is 6.96. The second kappa shape index (κ2) is 6.74. The highest BCUT2D eigenvalue weighted by Gasteiger charge is 2.10. The number of hydrogen-bond donors (Lipinski definition) is 1. The lowest BCUT2D eigenvalue weighted by atomic mass is 10.2. The van der Waals surface area contributed by atoms with Crippen molar-refractivity contribution in [3.05, 3.63) is 45.7 Å². The molecule has 0 radical (unpaired) electrons. The van der Waals surface area contributed by atoms with Gasteiger partial charge < -0.3 is 14.6 Å². The summed E-state index contributed by atoms with van der Waals surface area (Å²) in [6.07, 6.45) is 1.61. The summed E-state index contributed by atoms with van der Waals surface area (Å²) >= 11 is 5.91. The molecule has 0 spiro atoms. The number of hydrogen-bond acceptors (Lipinski definition) is 3. The van der Waals surface area contributed by atoms with Crippen LogP contribution in [0.25, 0.3) is 10.9 Å². The number of amides is 1. The van der Waals surface area contributed by atoms with E-state index in [1.807, 2.05) is 6.92 Å². The van der Waals surface area contributed by atoms with Gasteiger partial charge in [-0.15, -0.1) is 0 Å². The lowest BCUT2D eigenvalue weighted by Gasteiger charge is -2.15. The Kier molecular flexibility index (Phi) is 4.98. The molecule has 1 aromatic heterocycles. The van der Waals surface area contributed by atoms with Crippen molar-refractivity contribution in [3.8, 4) is 0 Å². The zero-order valence-corrected chi connectivity index (χ0v) is 12.7. The number of methoxy groups -OCH3 is 1. The van der Waals surface area contributed by atoms with Crippen molar-refractivity contribution in [1.29, 1.82) is 0 Å². The van der Waals surface area contributed by atoms with Gasteiger partial charge in [-0.05, 0) is 25.1 Å².